The molecule has 1 atom stereocenters. The number of phenolic OH excluding ortho intramolecular Hbond substituents is 1. The lowest BCUT2D eigenvalue weighted by Crippen LogP contribution is -2.31. The molecule has 192 valence electrons. The Morgan fingerprint density at radius 2 is 1.89 bits per heavy atom. The standard InChI is InChI=1S/C28H35N3O5/c1-6-12-36-21-10-9-19(16-22(21)35-7-2)27-24-25(23-18(4)14-17(3)15-20(23)32)29-30-26(24)28(33)31(27)11-8-13-34-5/h9-10,14-16,27,32H,6-8,11-13H2,1-5H3,(H,29,30). The number of aromatic hydroxyl groups is 1. The molecule has 1 aromatic heterocycles. The van der Waals surface area contributed by atoms with E-state index in [4.69, 9.17) is 14.2 Å². The molecule has 0 radical (unpaired) electrons. The zero-order valence-electron chi connectivity index (χ0n) is 21.7. The van der Waals surface area contributed by atoms with Crippen LogP contribution in [0.3, 0.4) is 0 Å². The minimum atomic E-state index is -0.405. The second-order valence-electron chi connectivity index (χ2n) is 9.07. The summed E-state index contributed by atoms with van der Waals surface area (Å²) < 4.78 is 17.1. The van der Waals surface area contributed by atoms with E-state index in [0.717, 1.165) is 28.7 Å². The first-order valence-electron chi connectivity index (χ1n) is 12.5. The molecule has 0 fully saturated rings. The van der Waals surface area contributed by atoms with Crippen molar-refractivity contribution >= 4 is 5.91 Å². The van der Waals surface area contributed by atoms with Gasteiger partial charge in [-0.1, -0.05) is 19.1 Å². The van der Waals surface area contributed by atoms with E-state index in [9.17, 15) is 9.90 Å². The fourth-order valence-electron chi connectivity index (χ4n) is 4.89. The number of rotatable bonds is 11. The molecule has 0 saturated carbocycles. The lowest BCUT2D eigenvalue weighted by atomic mass is 9.93. The van der Waals surface area contributed by atoms with Crippen LogP contribution in [0.4, 0.5) is 0 Å². The van der Waals surface area contributed by atoms with Gasteiger partial charge in [-0.15, -0.1) is 0 Å². The minimum absolute atomic E-state index is 0.127. The quantitative estimate of drug-likeness (QED) is 0.358. The monoisotopic (exact) mass is 493 g/mol. The number of aryl methyl sites for hydroxylation is 2. The van der Waals surface area contributed by atoms with Gasteiger partial charge < -0.3 is 24.2 Å². The molecule has 8 heteroatoms. The largest absolute Gasteiger partial charge is 0.507 e. The number of H-pyrrole nitrogens is 1. The highest BCUT2D eigenvalue weighted by Crippen LogP contribution is 2.46. The van der Waals surface area contributed by atoms with Gasteiger partial charge in [-0.05, 0) is 68.5 Å². The van der Waals surface area contributed by atoms with Gasteiger partial charge in [0.1, 0.15) is 17.1 Å². The number of amides is 1. The second-order valence-corrected chi connectivity index (χ2v) is 9.07. The number of hydrogen-bond donors (Lipinski definition) is 2. The summed E-state index contributed by atoms with van der Waals surface area (Å²) in [5.41, 5.74) is 5.14. The van der Waals surface area contributed by atoms with Crippen LogP contribution in [-0.2, 0) is 4.74 Å². The van der Waals surface area contributed by atoms with Crippen LogP contribution in [0.5, 0.6) is 17.2 Å². The van der Waals surface area contributed by atoms with Crippen molar-refractivity contribution in [2.75, 3.05) is 33.5 Å². The first-order chi connectivity index (χ1) is 17.4. The topological polar surface area (TPSA) is 96.9 Å². The number of ether oxygens (including phenoxy) is 3. The average molecular weight is 494 g/mol. The van der Waals surface area contributed by atoms with Crippen LogP contribution in [-0.4, -0.2) is 59.6 Å². The van der Waals surface area contributed by atoms with E-state index in [1.807, 2.05) is 49.9 Å². The zero-order valence-corrected chi connectivity index (χ0v) is 21.7. The van der Waals surface area contributed by atoms with Crippen LogP contribution < -0.4 is 9.47 Å². The smallest absolute Gasteiger partial charge is 0.273 e. The van der Waals surface area contributed by atoms with Crippen molar-refractivity contribution in [3.63, 3.8) is 0 Å². The molecule has 0 saturated heterocycles. The lowest BCUT2D eigenvalue weighted by Gasteiger charge is -2.27. The molecule has 1 aliphatic heterocycles. The van der Waals surface area contributed by atoms with Gasteiger partial charge in [0.05, 0.1) is 19.3 Å². The molecular weight excluding hydrogens is 458 g/mol. The van der Waals surface area contributed by atoms with Gasteiger partial charge in [-0.3, -0.25) is 9.89 Å². The summed E-state index contributed by atoms with van der Waals surface area (Å²) in [5.74, 6) is 1.33. The summed E-state index contributed by atoms with van der Waals surface area (Å²) in [6, 6.07) is 9.15. The number of benzene rings is 2. The van der Waals surface area contributed by atoms with E-state index in [2.05, 4.69) is 17.1 Å². The van der Waals surface area contributed by atoms with Crippen LogP contribution in [0.15, 0.2) is 30.3 Å². The Morgan fingerprint density at radius 1 is 1.08 bits per heavy atom. The molecule has 3 aromatic rings. The van der Waals surface area contributed by atoms with E-state index in [1.165, 1.54) is 0 Å². The molecule has 0 spiro atoms. The SMILES string of the molecule is CCCOc1ccc(C2c3c(-c4c(C)cc(C)cc4O)n[nH]c3C(=O)N2CCCOC)cc1OCC. The van der Waals surface area contributed by atoms with Crippen LogP contribution >= 0.6 is 0 Å². The third-order valence-electron chi connectivity index (χ3n) is 6.35. The fourth-order valence-corrected chi connectivity index (χ4v) is 4.89. The summed E-state index contributed by atoms with van der Waals surface area (Å²) in [6.45, 7) is 10.0. The third kappa shape index (κ3) is 4.78. The number of aromatic amines is 1. The Hall–Kier alpha value is -3.52. The fraction of sp³-hybridized carbons (Fsp3) is 0.429. The van der Waals surface area contributed by atoms with Crippen LogP contribution in [0.1, 0.15) is 65.5 Å². The van der Waals surface area contributed by atoms with Crippen molar-refractivity contribution in [2.45, 2.75) is 46.6 Å². The number of carbonyl (C=O) groups excluding carboxylic acids is 1. The Labute approximate surface area is 212 Å². The van der Waals surface area contributed by atoms with Crippen molar-refractivity contribution in [1.82, 2.24) is 15.1 Å². The van der Waals surface area contributed by atoms with E-state index in [1.54, 1.807) is 13.2 Å². The van der Waals surface area contributed by atoms with E-state index in [0.29, 0.717) is 61.2 Å². The molecule has 2 N–H and O–H groups in total. The molecule has 8 nitrogen and oxygen atoms in total. The second kappa shape index (κ2) is 11.0. The highest BCUT2D eigenvalue weighted by molar-refractivity contribution is 6.00. The number of nitrogens with one attached hydrogen (secondary N) is 1. The van der Waals surface area contributed by atoms with Crippen molar-refractivity contribution < 1.29 is 24.1 Å². The molecule has 2 heterocycles. The first kappa shape index (κ1) is 25.6. The molecule has 36 heavy (non-hydrogen) atoms. The normalized spacial score (nSPS) is 14.9. The number of nitrogens with zero attached hydrogens (tertiary/aromatic N) is 2. The van der Waals surface area contributed by atoms with E-state index in [-0.39, 0.29) is 11.7 Å². The Balaban J connectivity index is 1.86. The van der Waals surface area contributed by atoms with Crippen molar-refractivity contribution in [3.8, 4) is 28.5 Å². The summed E-state index contributed by atoms with van der Waals surface area (Å²) in [7, 11) is 1.65. The minimum Gasteiger partial charge on any atom is -0.507 e. The number of phenols is 1. The summed E-state index contributed by atoms with van der Waals surface area (Å²) >= 11 is 0. The molecular formula is C28H35N3O5. The lowest BCUT2D eigenvalue weighted by molar-refractivity contribution is 0.0723. The predicted octanol–water partition coefficient (Wildman–Crippen LogP) is 5.17. The van der Waals surface area contributed by atoms with Crippen molar-refractivity contribution in [1.29, 1.82) is 0 Å². The van der Waals surface area contributed by atoms with Gasteiger partial charge in [0.15, 0.2) is 11.5 Å². The molecule has 2 aromatic carbocycles. The molecule has 1 amide bonds. The third-order valence-corrected chi connectivity index (χ3v) is 6.35. The van der Waals surface area contributed by atoms with Crippen LogP contribution in [0.2, 0.25) is 0 Å². The van der Waals surface area contributed by atoms with Gasteiger partial charge in [0.2, 0.25) is 0 Å². The van der Waals surface area contributed by atoms with E-state index < -0.39 is 6.04 Å². The molecule has 4 rings (SSSR count). The summed E-state index contributed by atoms with van der Waals surface area (Å²) in [4.78, 5) is 15.4. The van der Waals surface area contributed by atoms with Crippen LogP contribution in [0.25, 0.3) is 11.3 Å². The molecule has 0 aliphatic carbocycles. The van der Waals surface area contributed by atoms with E-state index >= 15 is 0 Å². The zero-order chi connectivity index (χ0) is 25.8. The average Bonchev–Trinajstić information content (AvgIpc) is 3.37. The maximum absolute atomic E-state index is 13.6. The van der Waals surface area contributed by atoms with Crippen molar-refractivity contribution in [2.24, 2.45) is 0 Å². The molecule has 0 bridgehead atoms. The van der Waals surface area contributed by atoms with Gasteiger partial charge in [0.25, 0.3) is 5.91 Å². The predicted molar refractivity (Wildman–Crippen MR) is 138 cm³/mol. The Bertz CT molecular complexity index is 1210. The Morgan fingerprint density at radius 3 is 2.58 bits per heavy atom. The van der Waals surface area contributed by atoms with Crippen molar-refractivity contribution in [3.05, 3.63) is 58.3 Å². The maximum atomic E-state index is 13.6. The first-order valence-corrected chi connectivity index (χ1v) is 12.5. The number of methoxy groups -OCH3 is 1. The van der Waals surface area contributed by atoms with Gasteiger partial charge in [-0.25, -0.2) is 0 Å². The number of hydrogen-bond acceptors (Lipinski definition) is 6. The maximum Gasteiger partial charge on any atom is 0.273 e. The van der Waals surface area contributed by atoms with Gasteiger partial charge in [0, 0.05) is 31.4 Å². The number of carbonyl (C=O) groups is 1. The summed E-state index contributed by atoms with van der Waals surface area (Å²) in [6.07, 6.45) is 1.58. The number of aromatic nitrogens is 2. The highest BCUT2D eigenvalue weighted by atomic mass is 16.5. The summed E-state index contributed by atoms with van der Waals surface area (Å²) in [5, 5.41) is 18.3. The van der Waals surface area contributed by atoms with Gasteiger partial charge in [-0.2, -0.15) is 5.10 Å². The molecule has 1 aliphatic rings. The van der Waals surface area contributed by atoms with Crippen LogP contribution in [0, 0.1) is 13.8 Å². The molecule has 1 unspecified atom stereocenters. The Kier molecular flexibility index (Phi) is 7.84. The van der Waals surface area contributed by atoms with Gasteiger partial charge >= 0.3 is 0 Å². The highest BCUT2D eigenvalue weighted by Gasteiger charge is 2.42. The number of fused-ring (bicyclic) bond motifs is 1.